The number of aryl methyl sites for hydroxylation is 1. The van der Waals surface area contributed by atoms with Crippen LogP contribution in [0.3, 0.4) is 0 Å². The Labute approximate surface area is 182 Å². The van der Waals surface area contributed by atoms with Gasteiger partial charge in [0, 0.05) is 45.8 Å². The average molecular weight is 424 g/mol. The number of aromatic nitrogens is 2. The fraction of sp³-hybridized carbons (Fsp3) is 0.522. The molecule has 0 saturated carbocycles. The number of rotatable bonds is 4. The second-order valence-electron chi connectivity index (χ2n) is 8.61. The molecule has 2 aromatic rings. The third-order valence-electron chi connectivity index (χ3n) is 6.41. The number of fused-ring (bicyclic) bond motifs is 1. The molecule has 0 N–H and O–H groups in total. The number of hydrogen-bond donors (Lipinski definition) is 0. The molecule has 1 aromatic heterocycles. The van der Waals surface area contributed by atoms with Crippen molar-refractivity contribution in [2.24, 2.45) is 5.92 Å². The van der Waals surface area contributed by atoms with Crippen LogP contribution in [0.1, 0.15) is 24.1 Å². The van der Waals surface area contributed by atoms with Gasteiger partial charge in [-0.25, -0.2) is 0 Å². The molecule has 2 fully saturated rings. The third kappa shape index (κ3) is 4.44. The van der Waals surface area contributed by atoms with Crippen molar-refractivity contribution in [3.63, 3.8) is 0 Å². The van der Waals surface area contributed by atoms with Crippen LogP contribution < -0.4 is 14.4 Å². The Bertz CT molecular complexity index is 927. The van der Waals surface area contributed by atoms with Gasteiger partial charge in [0.1, 0.15) is 0 Å². The average Bonchev–Trinajstić information content (AvgIpc) is 3.28. The summed E-state index contributed by atoms with van der Waals surface area (Å²) in [6.07, 6.45) is 1.96. The fourth-order valence-corrected chi connectivity index (χ4v) is 4.63. The fourth-order valence-electron chi connectivity index (χ4n) is 4.63. The van der Waals surface area contributed by atoms with Crippen molar-refractivity contribution < 1.29 is 14.3 Å². The molecule has 4 heterocycles. The van der Waals surface area contributed by atoms with Crippen molar-refractivity contribution in [1.82, 2.24) is 20.0 Å². The summed E-state index contributed by atoms with van der Waals surface area (Å²) in [6, 6.07) is 10.1. The highest BCUT2D eigenvalue weighted by molar-refractivity contribution is 5.80. The maximum absolute atomic E-state index is 13.2. The van der Waals surface area contributed by atoms with E-state index in [-0.39, 0.29) is 11.8 Å². The van der Waals surface area contributed by atoms with E-state index in [9.17, 15) is 4.79 Å². The van der Waals surface area contributed by atoms with E-state index in [1.165, 1.54) is 5.56 Å². The Morgan fingerprint density at radius 2 is 1.87 bits per heavy atom. The van der Waals surface area contributed by atoms with E-state index in [1.54, 1.807) is 0 Å². The van der Waals surface area contributed by atoms with Gasteiger partial charge in [0.15, 0.2) is 17.3 Å². The van der Waals surface area contributed by atoms with Crippen LogP contribution in [0.25, 0.3) is 0 Å². The van der Waals surface area contributed by atoms with Crippen molar-refractivity contribution in [2.75, 3.05) is 51.0 Å². The van der Waals surface area contributed by atoms with E-state index in [1.807, 2.05) is 30.0 Å². The first-order valence-corrected chi connectivity index (χ1v) is 11.1. The highest BCUT2D eigenvalue weighted by atomic mass is 16.7. The second kappa shape index (κ2) is 8.70. The molecule has 0 radical (unpaired) electrons. The lowest BCUT2D eigenvalue weighted by Crippen LogP contribution is -2.52. The van der Waals surface area contributed by atoms with E-state index in [0.717, 1.165) is 81.7 Å². The largest absolute Gasteiger partial charge is 0.454 e. The number of ether oxygens (including phenoxy) is 2. The van der Waals surface area contributed by atoms with E-state index >= 15 is 0 Å². The first-order chi connectivity index (χ1) is 15.2. The number of nitrogens with zero attached hydrogens (tertiary/aromatic N) is 5. The van der Waals surface area contributed by atoms with Crippen LogP contribution in [-0.4, -0.2) is 72.0 Å². The summed E-state index contributed by atoms with van der Waals surface area (Å²) >= 11 is 0. The highest BCUT2D eigenvalue weighted by Crippen LogP contribution is 2.33. The molecule has 1 atom stereocenters. The molecule has 1 aromatic carbocycles. The van der Waals surface area contributed by atoms with Crippen LogP contribution in [0.5, 0.6) is 11.5 Å². The second-order valence-corrected chi connectivity index (χ2v) is 8.61. The standard InChI is InChI=1S/C23H29N5O3/c1-17-4-7-22(25-24-17)28-8-2-3-19(15-28)23(29)27-11-9-26(10-12-27)14-18-5-6-20-21(13-18)31-16-30-20/h4-7,13,19H,2-3,8-12,14-16H2,1H3. The molecule has 5 rings (SSSR count). The zero-order valence-electron chi connectivity index (χ0n) is 18.0. The first-order valence-electron chi connectivity index (χ1n) is 11.1. The molecule has 2 saturated heterocycles. The molecule has 3 aliphatic rings. The number of amides is 1. The van der Waals surface area contributed by atoms with Gasteiger partial charge in [-0.15, -0.1) is 5.10 Å². The molecular weight excluding hydrogens is 394 g/mol. The summed E-state index contributed by atoms with van der Waals surface area (Å²) in [5, 5.41) is 8.48. The van der Waals surface area contributed by atoms with Gasteiger partial charge in [-0.05, 0) is 49.6 Å². The summed E-state index contributed by atoms with van der Waals surface area (Å²) in [4.78, 5) is 19.8. The smallest absolute Gasteiger partial charge is 0.231 e. The zero-order valence-corrected chi connectivity index (χ0v) is 18.0. The van der Waals surface area contributed by atoms with Gasteiger partial charge in [0.05, 0.1) is 11.6 Å². The van der Waals surface area contributed by atoms with E-state index in [2.05, 4.69) is 32.1 Å². The molecule has 0 bridgehead atoms. The monoisotopic (exact) mass is 423 g/mol. The minimum absolute atomic E-state index is 0.0391. The Balaban J connectivity index is 1.14. The molecular formula is C23H29N5O3. The molecule has 0 aliphatic carbocycles. The number of carbonyl (C=O) groups excluding carboxylic acids is 1. The molecule has 164 valence electrons. The SMILES string of the molecule is Cc1ccc(N2CCCC(C(=O)N3CCN(Cc4ccc5c(c4)OCO5)CC3)C2)nn1. The lowest BCUT2D eigenvalue weighted by atomic mass is 9.96. The Kier molecular flexibility index (Phi) is 5.63. The number of hydrogen-bond acceptors (Lipinski definition) is 7. The van der Waals surface area contributed by atoms with Crippen molar-refractivity contribution in [2.45, 2.75) is 26.3 Å². The lowest BCUT2D eigenvalue weighted by molar-refractivity contribution is -0.137. The van der Waals surface area contributed by atoms with E-state index < -0.39 is 0 Å². The normalized spacial score (nSPS) is 21.4. The maximum atomic E-state index is 13.2. The van der Waals surface area contributed by atoms with Gasteiger partial charge in [-0.1, -0.05) is 6.07 Å². The molecule has 3 aliphatic heterocycles. The number of anilines is 1. The summed E-state index contributed by atoms with van der Waals surface area (Å²) in [5.41, 5.74) is 2.12. The number of piperazine rings is 1. The number of piperidine rings is 1. The van der Waals surface area contributed by atoms with Crippen molar-refractivity contribution in [3.05, 3.63) is 41.6 Å². The summed E-state index contributed by atoms with van der Waals surface area (Å²) in [5.74, 6) is 2.84. The van der Waals surface area contributed by atoms with Crippen LogP contribution in [0.2, 0.25) is 0 Å². The predicted molar refractivity (Wildman–Crippen MR) is 116 cm³/mol. The van der Waals surface area contributed by atoms with Gasteiger partial charge < -0.3 is 19.3 Å². The lowest BCUT2D eigenvalue weighted by Gasteiger charge is -2.39. The van der Waals surface area contributed by atoms with Gasteiger partial charge in [-0.2, -0.15) is 5.10 Å². The van der Waals surface area contributed by atoms with Crippen LogP contribution in [-0.2, 0) is 11.3 Å². The third-order valence-corrected chi connectivity index (χ3v) is 6.41. The Hall–Kier alpha value is -2.87. The van der Waals surface area contributed by atoms with Gasteiger partial charge in [0.25, 0.3) is 0 Å². The quantitative estimate of drug-likeness (QED) is 0.746. The molecule has 8 heteroatoms. The van der Waals surface area contributed by atoms with Crippen LogP contribution >= 0.6 is 0 Å². The topological polar surface area (TPSA) is 71.0 Å². The molecule has 1 unspecified atom stereocenters. The Morgan fingerprint density at radius 1 is 1.03 bits per heavy atom. The van der Waals surface area contributed by atoms with Crippen LogP contribution in [0, 0.1) is 12.8 Å². The maximum Gasteiger partial charge on any atom is 0.231 e. The van der Waals surface area contributed by atoms with Crippen molar-refractivity contribution in [3.8, 4) is 11.5 Å². The van der Waals surface area contributed by atoms with Gasteiger partial charge in [-0.3, -0.25) is 9.69 Å². The zero-order chi connectivity index (χ0) is 21.2. The minimum atomic E-state index is 0.0391. The van der Waals surface area contributed by atoms with Crippen molar-refractivity contribution in [1.29, 1.82) is 0 Å². The summed E-state index contributed by atoms with van der Waals surface area (Å²) in [7, 11) is 0. The molecule has 0 spiro atoms. The van der Waals surface area contributed by atoms with Crippen molar-refractivity contribution >= 4 is 11.7 Å². The summed E-state index contributed by atoms with van der Waals surface area (Å²) < 4.78 is 10.9. The van der Waals surface area contributed by atoms with E-state index in [0.29, 0.717) is 6.79 Å². The minimum Gasteiger partial charge on any atom is -0.454 e. The molecule has 31 heavy (non-hydrogen) atoms. The first kappa shape index (κ1) is 20.1. The molecule has 8 nitrogen and oxygen atoms in total. The summed E-state index contributed by atoms with van der Waals surface area (Å²) in [6.45, 7) is 8.11. The Morgan fingerprint density at radius 3 is 2.68 bits per heavy atom. The predicted octanol–water partition coefficient (Wildman–Crippen LogP) is 2.07. The van der Waals surface area contributed by atoms with Gasteiger partial charge >= 0.3 is 0 Å². The number of benzene rings is 1. The van der Waals surface area contributed by atoms with Gasteiger partial charge in [0.2, 0.25) is 12.7 Å². The van der Waals surface area contributed by atoms with Crippen LogP contribution in [0.15, 0.2) is 30.3 Å². The highest BCUT2D eigenvalue weighted by Gasteiger charge is 2.31. The molecule has 1 amide bonds. The van der Waals surface area contributed by atoms with Crippen LogP contribution in [0.4, 0.5) is 5.82 Å². The number of carbonyl (C=O) groups is 1. The van der Waals surface area contributed by atoms with E-state index in [4.69, 9.17) is 9.47 Å².